The molecule has 0 bridgehead atoms. The van der Waals surface area contributed by atoms with E-state index in [0.29, 0.717) is 3.57 Å². The van der Waals surface area contributed by atoms with Gasteiger partial charge in [-0.3, -0.25) is 0 Å². The largest absolute Gasteiger partial charge is 0.465 e. The number of hydrogen-bond acceptors (Lipinski definition) is 4. The molecule has 0 saturated heterocycles. The molecular weight excluding hydrogens is 347 g/mol. The number of nitriles is 1. The number of alkyl halides is 2. The number of halogens is 3. The normalized spacial score (nSPS) is 9.88. The molecule has 1 aromatic rings. The van der Waals surface area contributed by atoms with E-state index >= 15 is 0 Å². The van der Waals surface area contributed by atoms with E-state index in [1.807, 2.05) is 0 Å². The molecule has 0 radical (unpaired) electrons. The van der Waals surface area contributed by atoms with Gasteiger partial charge in [0.25, 0.3) is 0 Å². The highest BCUT2D eigenvalue weighted by Crippen LogP contribution is 2.29. The van der Waals surface area contributed by atoms with Crippen molar-refractivity contribution >= 4 is 28.6 Å². The standard InChI is InChI=1S/C10H6F2INO3/c1-16-9(15)5-2-3-7(13)6(4-14)8(5)17-10(11)12/h2-3,10H,1H3. The molecule has 1 aromatic carbocycles. The molecule has 0 amide bonds. The number of benzene rings is 1. The molecule has 4 nitrogen and oxygen atoms in total. The Hall–Kier alpha value is -1.43. The second kappa shape index (κ2) is 5.77. The summed E-state index contributed by atoms with van der Waals surface area (Å²) in [5.41, 5.74) is -0.321. The minimum absolute atomic E-state index is 0.117. The number of hydrogen-bond donors (Lipinski definition) is 0. The molecule has 7 heteroatoms. The zero-order valence-electron chi connectivity index (χ0n) is 8.54. The molecule has 0 aliphatic heterocycles. The molecule has 17 heavy (non-hydrogen) atoms. The molecule has 0 fully saturated rings. The summed E-state index contributed by atoms with van der Waals surface area (Å²) in [7, 11) is 1.11. The van der Waals surface area contributed by atoms with Crippen molar-refractivity contribution < 1.29 is 23.0 Å². The average molecular weight is 353 g/mol. The van der Waals surface area contributed by atoms with Gasteiger partial charge in [-0.2, -0.15) is 14.0 Å². The Morgan fingerprint density at radius 3 is 2.65 bits per heavy atom. The Morgan fingerprint density at radius 1 is 1.53 bits per heavy atom. The van der Waals surface area contributed by atoms with Crippen molar-refractivity contribution in [1.82, 2.24) is 0 Å². The number of methoxy groups -OCH3 is 1. The lowest BCUT2D eigenvalue weighted by molar-refractivity contribution is -0.0506. The van der Waals surface area contributed by atoms with Crippen molar-refractivity contribution in [2.45, 2.75) is 6.61 Å². The second-order valence-corrected chi connectivity index (χ2v) is 3.94. The summed E-state index contributed by atoms with van der Waals surface area (Å²) in [6.07, 6.45) is 0. The SMILES string of the molecule is COC(=O)c1ccc(I)c(C#N)c1OC(F)F. The van der Waals surface area contributed by atoms with Gasteiger partial charge >= 0.3 is 12.6 Å². The van der Waals surface area contributed by atoms with E-state index < -0.39 is 18.3 Å². The number of esters is 1. The highest BCUT2D eigenvalue weighted by atomic mass is 127. The summed E-state index contributed by atoms with van der Waals surface area (Å²) in [5, 5.41) is 8.86. The molecule has 0 heterocycles. The zero-order chi connectivity index (χ0) is 13.0. The summed E-state index contributed by atoms with van der Waals surface area (Å²) in [6, 6.07) is 4.43. The van der Waals surface area contributed by atoms with Gasteiger partial charge in [-0.15, -0.1) is 0 Å². The van der Waals surface area contributed by atoms with E-state index in [0.717, 1.165) is 7.11 Å². The molecule has 0 aliphatic carbocycles. The lowest BCUT2D eigenvalue weighted by Crippen LogP contribution is -2.11. The summed E-state index contributed by atoms with van der Waals surface area (Å²) in [5.74, 6) is -1.30. The van der Waals surface area contributed by atoms with Crippen molar-refractivity contribution in [3.63, 3.8) is 0 Å². The molecule has 0 atom stereocenters. The first kappa shape index (κ1) is 13.6. The van der Waals surface area contributed by atoms with E-state index in [4.69, 9.17) is 5.26 Å². The third-order valence-electron chi connectivity index (χ3n) is 1.83. The Kier molecular flexibility index (Phi) is 4.62. The molecule has 1 rings (SSSR count). The maximum atomic E-state index is 12.2. The molecule has 90 valence electrons. The highest BCUT2D eigenvalue weighted by Gasteiger charge is 2.22. The molecule has 0 unspecified atom stereocenters. The highest BCUT2D eigenvalue weighted by molar-refractivity contribution is 14.1. The van der Waals surface area contributed by atoms with Crippen molar-refractivity contribution in [3.8, 4) is 11.8 Å². The van der Waals surface area contributed by atoms with Crippen molar-refractivity contribution in [3.05, 3.63) is 26.8 Å². The molecular formula is C10H6F2INO3. The second-order valence-electron chi connectivity index (χ2n) is 2.78. The van der Waals surface area contributed by atoms with Gasteiger partial charge in [-0.25, -0.2) is 4.79 Å². The van der Waals surface area contributed by atoms with Crippen LogP contribution < -0.4 is 4.74 Å². The maximum absolute atomic E-state index is 12.2. The minimum atomic E-state index is -3.12. The molecule has 0 saturated carbocycles. The summed E-state index contributed by atoms with van der Waals surface area (Å²) in [4.78, 5) is 11.3. The Morgan fingerprint density at radius 2 is 2.18 bits per heavy atom. The van der Waals surface area contributed by atoms with Crippen LogP contribution in [0.1, 0.15) is 15.9 Å². The third kappa shape index (κ3) is 3.03. The van der Waals surface area contributed by atoms with Gasteiger partial charge in [-0.05, 0) is 34.7 Å². The predicted molar refractivity (Wildman–Crippen MR) is 61.8 cm³/mol. The fourth-order valence-electron chi connectivity index (χ4n) is 1.15. The topological polar surface area (TPSA) is 59.3 Å². The van der Waals surface area contributed by atoms with Gasteiger partial charge in [-0.1, -0.05) is 0 Å². The smallest absolute Gasteiger partial charge is 0.387 e. The Balaban J connectivity index is 3.41. The molecule has 0 N–H and O–H groups in total. The average Bonchev–Trinajstić information content (AvgIpc) is 2.28. The fraction of sp³-hybridized carbons (Fsp3) is 0.200. The van der Waals surface area contributed by atoms with Crippen LogP contribution in [0.3, 0.4) is 0 Å². The van der Waals surface area contributed by atoms with Gasteiger partial charge in [0.05, 0.1) is 7.11 Å². The van der Waals surface area contributed by atoms with Gasteiger partial charge < -0.3 is 9.47 Å². The Labute approximate surface area is 109 Å². The summed E-state index contributed by atoms with van der Waals surface area (Å²) < 4.78 is 33.5. The van der Waals surface area contributed by atoms with Gasteiger partial charge in [0.1, 0.15) is 17.2 Å². The van der Waals surface area contributed by atoms with Crippen LogP contribution >= 0.6 is 22.6 Å². The monoisotopic (exact) mass is 353 g/mol. The van der Waals surface area contributed by atoms with Crippen LogP contribution in [0, 0.1) is 14.9 Å². The van der Waals surface area contributed by atoms with E-state index in [2.05, 4.69) is 9.47 Å². The molecule has 0 aromatic heterocycles. The van der Waals surface area contributed by atoms with Crippen LogP contribution in [0.4, 0.5) is 8.78 Å². The Bertz CT molecular complexity index is 485. The molecule has 0 spiro atoms. The van der Waals surface area contributed by atoms with E-state index in [1.54, 1.807) is 28.7 Å². The number of rotatable bonds is 3. The first-order chi connectivity index (χ1) is 8.01. The third-order valence-corrected chi connectivity index (χ3v) is 2.73. The molecule has 0 aliphatic rings. The number of nitrogens with zero attached hydrogens (tertiary/aromatic N) is 1. The number of carbonyl (C=O) groups is 1. The maximum Gasteiger partial charge on any atom is 0.387 e. The van der Waals surface area contributed by atoms with Crippen LogP contribution in [0.25, 0.3) is 0 Å². The zero-order valence-corrected chi connectivity index (χ0v) is 10.7. The van der Waals surface area contributed by atoms with E-state index in [-0.39, 0.29) is 11.1 Å². The quantitative estimate of drug-likeness (QED) is 0.619. The van der Waals surface area contributed by atoms with Crippen LogP contribution in [0.2, 0.25) is 0 Å². The summed E-state index contributed by atoms with van der Waals surface area (Å²) in [6.45, 7) is -3.12. The lowest BCUT2D eigenvalue weighted by atomic mass is 10.1. The van der Waals surface area contributed by atoms with Crippen LogP contribution in [0.5, 0.6) is 5.75 Å². The minimum Gasteiger partial charge on any atom is -0.465 e. The van der Waals surface area contributed by atoms with Gasteiger partial charge in [0.2, 0.25) is 0 Å². The van der Waals surface area contributed by atoms with E-state index in [9.17, 15) is 13.6 Å². The predicted octanol–water partition coefficient (Wildman–Crippen LogP) is 2.55. The van der Waals surface area contributed by atoms with Crippen LogP contribution in [0.15, 0.2) is 12.1 Å². The summed E-state index contributed by atoms with van der Waals surface area (Å²) >= 11 is 1.79. The van der Waals surface area contributed by atoms with Gasteiger partial charge in [0.15, 0.2) is 5.75 Å². The first-order valence-electron chi connectivity index (χ1n) is 4.27. The van der Waals surface area contributed by atoms with Crippen molar-refractivity contribution in [2.24, 2.45) is 0 Å². The lowest BCUT2D eigenvalue weighted by Gasteiger charge is -2.11. The van der Waals surface area contributed by atoms with Crippen LogP contribution in [-0.4, -0.2) is 19.7 Å². The number of ether oxygens (including phenoxy) is 2. The van der Waals surface area contributed by atoms with Crippen molar-refractivity contribution in [2.75, 3.05) is 7.11 Å². The fourth-order valence-corrected chi connectivity index (χ4v) is 1.69. The van der Waals surface area contributed by atoms with E-state index in [1.165, 1.54) is 12.1 Å². The number of carbonyl (C=O) groups excluding carboxylic acids is 1. The van der Waals surface area contributed by atoms with Crippen LogP contribution in [-0.2, 0) is 4.74 Å². The first-order valence-corrected chi connectivity index (χ1v) is 5.34. The van der Waals surface area contributed by atoms with Gasteiger partial charge in [0, 0.05) is 3.57 Å². The van der Waals surface area contributed by atoms with Crippen molar-refractivity contribution in [1.29, 1.82) is 5.26 Å².